The molecule has 35 heavy (non-hydrogen) atoms. The predicted molar refractivity (Wildman–Crippen MR) is 148 cm³/mol. The fraction of sp³-hybridized carbons (Fsp3) is 0.250. The van der Waals surface area contributed by atoms with Crippen LogP contribution in [0.1, 0.15) is 45.1 Å². The molecule has 3 heteroatoms. The summed E-state index contributed by atoms with van der Waals surface area (Å²) >= 11 is 0. The lowest BCUT2D eigenvalue weighted by atomic mass is 9.34. The van der Waals surface area contributed by atoms with E-state index < -0.39 is 0 Å². The van der Waals surface area contributed by atoms with Gasteiger partial charge in [0.25, 0.3) is 6.71 Å². The molecule has 1 unspecified atom stereocenters. The maximum absolute atomic E-state index is 2.79. The Balaban J connectivity index is 1.49. The number of aromatic nitrogens is 1. The van der Waals surface area contributed by atoms with Crippen LogP contribution >= 0.6 is 0 Å². The molecule has 0 amide bonds. The number of rotatable bonds is 0. The van der Waals surface area contributed by atoms with E-state index in [1.807, 2.05) is 0 Å². The number of fused-ring (bicyclic) bond motifs is 10. The van der Waals surface area contributed by atoms with E-state index in [1.165, 1.54) is 80.9 Å². The SMILES string of the molecule is CC12CCCC[C@@]1(C)c1cccc3c1N2c1cccc2c1B3c1cccc3c4ccccc4n-2c13. The van der Waals surface area contributed by atoms with Gasteiger partial charge in [-0.25, -0.2) is 0 Å². The van der Waals surface area contributed by atoms with E-state index in [0.29, 0.717) is 0 Å². The van der Waals surface area contributed by atoms with Gasteiger partial charge in [-0.2, -0.15) is 0 Å². The van der Waals surface area contributed by atoms with Crippen LogP contribution in [0.5, 0.6) is 0 Å². The summed E-state index contributed by atoms with van der Waals surface area (Å²) in [7, 11) is 0. The number of anilines is 2. The number of nitrogens with zero attached hydrogens (tertiary/aromatic N) is 2. The summed E-state index contributed by atoms with van der Waals surface area (Å²) in [5.41, 5.74) is 13.3. The Hall–Kier alpha value is -3.46. The van der Waals surface area contributed by atoms with Crippen LogP contribution < -0.4 is 21.3 Å². The number of para-hydroxylation sites is 3. The first-order valence-electron chi connectivity index (χ1n) is 13.2. The van der Waals surface area contributed by atoms with Crippen molar-refractivity contribution in [1.82, 2.24) is 4.57 Å². The third-order valence-electron chi connectivity index (χ3n) is 10.3. The fourth-order valence-corrected chi connectivity index (χ4v) is 8.63. The summed E-state index contributed by atoms with van der Waals surface area (Å²) in [5, 5.41) is 2.72. The topological polar surface area (TPSA) is 8.17 Å². The lowest BCUT2D eigenvalue weighted by Crippen LogP contribution is -2.64. The molecule has 0 bridgehead atoms. The molecule has 1 aliphatic carbocycles. The van der Waals surface area contributed by atoms with Gasteiger partial charge in [-0.05, 0) is 59.9 Å². The summed E-state index contributed by atoms with van der Waals surface area (Å²) in [4.78, 5) is 2.79. The van der Waals surface area contributed by atoms with Crippen molar-refractivity contribution in [3.05, 3.63) is 84.4 Å². The Kier molecular flexibility index (Phi) is 3.14. The second-order valence-electron chi connectivity index (χ2n) is 11.6. The van der Waals surface area contributed by atoms with Gasteiger partial charge in [0.1, 0.15) is 0 Å². The highest BCUT2D eigenvalue weighted by Gasteiger charge is 2.60. The maximum Gasteiger partial charge on any atom is 0.252 e. The second-order valence-corrected chi connectivity index (χ2v) is 11.6. The zero-order valence-electron chi connectivity index (χ0n) is 20.3. The number of hydrogen-bond donors (Lipinski definition) is 0. The highest BCUT2D eigenvalue weighted by molar-refractivity contribution is 7.00. The summed E-state index contributed by atoms with van der Waals surface area (Å²) in [6.07, 6.45) is 5.17. The molecule has 0 spiro atoms. The molecule has 1 aromatic heterocycles. The van der Waals surface area contributed by atoms with Crippen molar-refractivity contribution < 1.29 is 0 Å². The summed E-state index contributed by atoms with van der Waals surface area (Å²) < 4.78 is 2.56. The van der Waals surface area contributed by atoms with E-state index in [1.54, 1.807) is 5.56 Å². The maximum atomic E-state index is 2.79. The van der Waals surface area contributed by atoms with Gasteiger partial charge in [-0.1, -0.05) is 80.4 Å². The Morgan fingerprint density at radius 3 is 2.40 bits per heavy atom. The molecule has 1 fully saturated rings. The standard InChI is InChI=1S/C32H27BN2/c1-31-18-5-6-19-32(31,2)35-27-17-9-16-26-28(27)33(24-14-8-12-22(31)30(24)35)23-13-7-11-21-20-10-3-4-15-25(20)34(26)29(21)23/h3-4,7-17H,5-6,18-19H2,1-2H3/t31-,32?/m0/s1. The summed E-state index contributed by atoms with van der Waals surface area (Å²) in [6.45, 7) is 5.38. The Morgan fingerprint density at radius 1 is 0.714 bits per heavy atom. The zero-order chi connectivity index (χ0) is 23.1. The molecule has 5 aromatic rings. The molecule has 0 saturated heterocycles. The fourth-order valence-electron chi connectivity index (χ4n) is 8.63. The molecule has 168 valence electrons. The highest BCUT2D eigenvalue weighted by atomic mass is 15.3. The van der Waals surface area contributed by atoms with Gasteiger partial charge in [0.15, 0.2) is 0 Å². The largest absolute Gasteiger partial charge is 0.335 e. The van der Waals surface area contributed by atoms with Gasteiger partial charge in [-0.15, -0.1) is 0 Å². The van der Waals surface area contributed by atoms with Crippen LogP contribution in [0.3, 0.4) is 0 Å². The first-order valence-corrected chi connectivity index (χ1v) is 13.2. The van der Waals surface area contributed by atoms with Gasteiger partial charge in [0.2, 0.25) is 0 Å². The van der Waals surface area contributed by atoms with Crippen LogP contribution in [0.4, 0.5) is 11.4 Å². The molecular weight excluding hydrogens is 423 g/mol. The Morgan fingerprint density at radius 2 is 1.46 bits per heavy atom. The zero-order valence-corrected chi connectivity index (χ0v) is 20.3. The van der Waals surface area contributed by atoms with Crippen LogP contribution in [-0.2, 0) is 5.41 Å². The minimum absolute atomic E-state index is 0.106. The van der Waals surface area contributed by atoms with Crippen molar-refractivity contribution in [3.8, 4) is 5.69 Å². The van der Waals surface area contributed by atoms with Crippen molar-refractivity contribution in [2.75, 3.05) is 4.90 Å². The molecule has 3 aliphatic heterocycles. The van der Waals surface area contributed by atoms with Gasteiger partial charge in [0.05, 0.1) is 11.1 Å². The average molecular weight is 450 g/mol. The van der Waals surface area contributed by atoms with Crippen molar-refractivity contribution in [2.24, 2.45) is 0 Å². The van der Waals surface area contributed by atoms with E-state index in [9.17, 15) is 0 Å². The molecule has 1 saturated carbocycles. The predicted octanol–water partition coefficient (Wildman–Crippen LogP) is 5.67. The lowest BCUT2D eigenvalue weighted by molar-refractivity contribution is 0.195. The monoisotopic (exact) mass is 450 g/mol. The van der Waals surface area contributed by atoms with Crippen LogP contribution in [-0.4, -0.2) is 16.8 Å². The van der Waals surface area contributed by atoms with Gasteiger partial charge in [-0.3, -0.25) is 0 Å². The smallest absolute Gasteiger partial charge is 0.252 e. The first-order chi connectivity index (χ1) is 17.1. The quantitative estimate of drug-likeness (QED) is 0.271. The van der Waals surface area contributed by atoms with Crippen molar-refractivity contribution in [1.29, 1.82) is 0 Å². The molecule has 4 aliphatic rings. The van der Waals surface area contributed by atoms with Gasteiger partial charge in [0, 0.05) is 38.8 Å². The van der Waals surface area contributed by atoms with Gasteiger partial charge >= 0.3 is 0 Å². The summed E-state index contributed by atoms with van der Waals surface area (Å²) in [5.74, 6) is 0. The van der Waals surface area contributed by atoms with Gasteiger partial charge < -0.3 is 9.47 Å². The lowest BCUT2D eigenvalue weighted by Gasteiger charge is -2.52. The second kappa shape index (κ2) is 5.84. The molecule has 0 N–H and O–H groups in total. The minimum Gasteiger partial charge on any atom is -0.335 e. The van der Waals surface area contributed by atoms with Crippen molar-refractivity contribution >= 4 is 56.3 Å². The Bertz CT molecular complexity index is 1760. The molecule has 0 radical (unpaired) electrons. The van der Waals surface area contributed by atoms with Crippen LogP contribution in [0.15, 0.2) is 78.9 Å². The van der Waals surface area contributed by atoms with Crippen molar-refractivity contribution in [3.63, 3.8) is 0 Å². The average Bonchev–Trinajstić information content (AvgIpc) is 3.33. The summed E-state index contributed by atoms with van der Waals surface area (Å²) in [6, 6.07) is 30.2. The molecular formula is C32H27BN2. The van der Waals surface area contributed by atoms with E-state index in [2.05, 4.69) is 102 Å². The van der Waals surface area contributed by atoms with Crippen LogP contribution in [0.25, 0.3) is 27.5 Å². The van der Waals surface area contributed by atoms with E-state index in [4.69, 9.17) is 0 Å². The molecule has 2 atom stereocenters. The first kappa shape index (κ1) is 18.8. The molecule has 2 nitrogen and oxygen atoms in total. The van der Waals surface area contributed by atoms with E-state index >= 15 is 0 Å². The van der Waals surface area contributed by atoms with Crippen molar-refractivity contribution in [2.45, 2.75) is 50.5 Å². The third-order valence-corrected chi connectivity index (χ3v) is 10.3. The van der Waals surface area contributed by atoms with Crippen LogP contribution in [0, 0.1) is 0 Å². The molecule has 9 rings (SSSR count). The molecule has 4 aromatic carbocycles. The minimum atomic E-state index is 0.106. The normalized spacial score (nSPS) is 25.1. The number of benzene rings is 4. The third kappa shape index (κ3) is 1.86. The molecule has 4 heterocycles. The van der Waals surface area contributed by atoms with Crippen LogP contribution in [0.2, 0.25) is 0 Å². The highest BCUT2D eigenvalue weighted by Crippen LogP contribution is 2.61. The van der Waals surface area contributed by atoms with E-state index in [-0.39, 0.29) is 17.7 Å². The number of hydrogen-bond acceptors (Lipinski definition) is 1. The van der Waals surface area contributed by atoms with E-state index in [0.717, 1.165) is 0 Å². The Labute approximate surface area is 206 Å².